The number of rotatable bonds is 9. The second-order valence-corrected chi connectivity index (χ2v) is 7.03. The zero-order valence-corrected chi connectivity index (χ0v) is 16.5. The van der Waals surface area contributed by atoms with Crippen LogP contribution in [0.25, 0.3) is 0 Å². The zero-order chi connectivity index (χ0) is 19.6. The number of amides is 1. The Labute approximate surface area is 167 Å². The van der Waals surface area contributed by atoms with Gasteiger partial charge in [-0.3, -0.25) is 14.6 Å². The van der Waals surface area contributed by atoms with Gasteiger partial charge >= 0.3 is 0 Å². The molecule has 1 aliphatic heterocycles. The van der Waals surface area contributed by atoms with Crippen molar-refractivity contribution >= 4 is 11.6 Å². The monoisotopic (exact) mass is 383 g/mol. The van der Waals surface area contributed by atoms with Crippen LogP contribution in [0.1, 0.15) is 5.56 Å². The Bertz CT molecular complexity index is 716. The molecular formula is C22H29N3O3. The van der Waals surface area contributed by atoms with Crippen LogP contribution in [-0.2, 0) is 16.1 Å². The van der Waals surface area contributed by atoms with Gasteiger partial charge in [0.15, 0.2) is 0 Å². The molecule has 2 aromatic carbocycles. The van der Waals surface area contributed by atoms with E-state index in [2.05, 4.69) is 22.3 Å². The van der Waals surface area contributed by atoms with Crippen molar-refractivity contribution in [2.45, 2.75) is 6.54 Å². The molecular weight excluding hydrogens is 354 g/mol. The largest absolute Gasteiger partial charge is 0.492 e. The summed E-state index contributed by atoms with van der Waals surface area (Å²) in [7, 11) is 1.92. The van der Waals surface area contributed by atoms with E-state index in [9.17, 15) is 4.79 Å². The lowest BCUT2D eigenvalue weighted by atomic mass is 10.2. The van der Waals surface area contributed by atoms with E-state index in [1.807, 2.05) is 54.4 Å². The maximum absolute atomic E-state index is 12.2. The topological polar surface area (TPSA) is 54.0 Å². The van der Waals surface area contributed by atoms with Crippen molar-refractivity contribution in [3.05, 3.63) is 60.2 Å². The molecule has 0 spiro atoms. The highest BCUT2D eigenvalue weighted by Gasteiger charge is 2.11. The van der Waals surface area contributed by atoms with E-state index in [0.29, 0.717) is 19.7 Å². The molecule has 1 N–H and O–H groups in total. The first-order valence-corrected chi connectivity index (χ1v) is 9.74. The normalized spacial score (nSPS) is 14.8. The molecule has 6 heteroatoms. The van der Waals surface area contributed by atoms with Crippen LogP contribution < -0.4 is 10.1 Å². The van der Waals surface area contributed by atoms with Crippen LogP contribution in [0, 0.1) is 0 Å². The summed E-state index contributed by atoms with van der Waals surface area (Å²) in [5.41, 5.74) is 2.07. The Morgan fingerprint density at radius 3 is 2.54 bits per heavy atom. The number of benzene rings is 2. The average molecular weight is 383 g/mol. The van der Waals surface area contributed by atoms with Crippen molar-refractivity contribution in [3.8, 4) is 5.75 Å². The van der Waals surface area contributed by atoms with Crippen molar-refractivity contribution < 1.29 is 14.3 Å². The molecule has 1 fully saturated rings. The van der Waals surface area contributed by atoms with Gasteiger partial charge in [-0.25, -0.2) is 0 Å². The van der Waals surface area contributed by atoms with Crippen LogP contribution in [-0.4, -0.2) is 68.8 Å². The molecule has 3 rings (SSSR count). The Morgan fingerprint density at radius 1 is 1.11 bits per heavy atom. The molecule has 2 aromatic rings. The predicted octanol–water partition coefficient (Wildman–Crippen LogP) is 2.47. The van der Waals surface area contributed by atoms with Crippen LogP contribution in [0.15, 0.2) is 54.6 Å². The summed E-state index contributed by atoms with van der Waals surface area (Å²) in [5.74, 6) is 0.820. The highest BCUT2D eigenvalue weighted by Crippen LogP contribution is 2.13. The van der Waals surface area contributed by atoms with Gasteiger partial charge in [-0.2, -0.15) is 0 Å². The van der Waals surface area contributed by atoms with E-state index in [1.54, 1.807) is 0 Å². The highest BCUT2D eigenvalue weighted by molar-refractivity contribution is 5.92. The summed E-state index contributed by atoms with van der Waals surface area (Å²) < 4.78 is 11.0. The van der Waals surface area contributed by atoms with Gasteiger partial charge in [-0.15, -0.1) is 0 Å². The molecule has 28 heavy (non-hydrogen) atoms. The lowest BCUT2D eigenvalue weighted by molar-refractivity contribution is -0.117. The van der Waals surface area contributed by atoms with Gasteiger partial charge in [0.1, 0.15) is 12.4 Å². The molecule has 0 unspecified atom stereocenters. The Morgan fingerprint density at radius 2 is 1.82 bits per heavy atom. The van der Waals surface area contributed by atoms with E-state index in [4.69, 9.17) is 9.47 Å². The van der Waals surface area contributed by atoms with Gasteiger partial charge in [0.05, 0.1) is 19.8 Å². The molecule has 6 nitrogen and oxygen atoms in total. The smallest absolute Gasteiger partial charge is 0.238 e. The molecule has 0 atom stereocenters. The Balaban J connectivity index is 1.36. The SMILES string of the molecule is CN(CCOc1ccccc1)CC(=O)Nc1ccc(CN2CCOCC2)cc1. The summed E-state index contributed by atoms with van der Waals surface area (Å²) in [4.78, 5) is 16.6. The lowest BCUT2D eigenvalue weighted by Gasteiger charge is -2.26. The number of nitrogens with zero attached hydrogens (tertiary/aromatic N) is 2. The van der Waals surface area contributed by atoms with Gasteiger partial charge < -0.3 is 14.8 Å². The van der Waals surface area contributed by atoms with Crippen LogP contribution in [0.2, 0.25) is 0 Å². The fourth-order valence-electron chi connectivity index (χ4n) is 3.07. The number of ether oxygens (including phenoxy) is 2. The Kier molecular flexibility index (Phi) is 7.84. The summed E-state index contributed by atoms with van der Waals surface area (Å²) in [6, 6.07) is 17.8. The van der Waals surface area contributed by atoms with Gasteiger partial charge in [0, 0.05) is 31.9 Å². The van der Waals surface area contributed by atoms with E-state index >= 15 is 0 Å². The molecule has 1 saturated heterocycles. The minimum Gasteiger partial charge on any atom is -0.492 e. The number of likely N-dealkylation sites (N-methyl/N-ethyl adjacent to an activating group) is 1. The predicted molar refractivity (Wildman–Crippen MR) is 111 cm³/mol. The summed E-state index contributed by atoms with van der Waals surface area (Å²) in [6.07, 6.45) is 0. The number of carbonyl (C=O) groups excluding carboxylic acids is 1. The number of carbonyl (C=O) groups is 1. The quantitative estimate of drug-likeness (QED) is 0.721. The third-order valence-electron chi connectivity index (χ3n) is 4.65. The molecule has 1 aliphatic rings. The molecule has 1 amide bonds. The molecule has 150 valence electrons. The van der Waals surface area contributed by atoms with Crippen LogP contribution in [0.4, 0.5) is 5.69 Å². The maximum Gasteiger partial charge on any atom is 0.238 e. The first kappa shape index (κ1) is 20.3. The van der Waals surface area contributed by atoms with Crippen molar-refractivity contribution in [1.29, 1.82) is 0 Å². The standard InChI is InChI=1S/C22H29N3O3/c1-24(11-16-28-21-5-3-2-4-6-21)18-22(26)23-20-9-7-19(8-10-20)17-25-12-14-27-15-13-25/h2-10H,11-18H2,1H3,(H,23,26). The average Bonchev–Trinajstić information content (AvgIpc) is 2.71. The summed E-state index contributed by atoms with van der Waals surface area (Å²) >= 11 is 0. The first-order valence-electron chi connectivity index (χ1n) is 9.74. The summed E-state index contributed by atoms with van der Waals surface area (Å²) in [5, 5.41) is 2.96. The third-order valence-corrected chi connectivity index (χ3v) is 4.65. The molecule has 0 radical (unpaired) electrons. The number of para-hydroxylation sites is 1. The van der Waals surface area contributed by atoms with E-state index in [-0.39, 0.29) is 5.91 Å². The number of morpholine rings is 1. The fraction of sp³-hybridized carbons (Fsp3) is 0.409. The second kappa shape index (κ2) is 10.8. The minimum atomic E-state index is -0.0249. The highest BCUT2D eigenvalue weighted by atomic mass is 16.5. The number of hydrogen-bond donors (Lipinski definition) is 1. The maximum atomic E-state index is 12.2. The van der Waals surface area contributed by atoms with Crippen molar-refractivity contribution in [1.82, 2.24) is 9.80 Å². The van der Waals surface area contributed by atoms with E-state index in [1.165, 1.54) is 5.56 Å². The number of hydrogen-bond acceptors (Lipinski definition) is 5. The third kappa shape index (κ3) is 6.96. The Hall–Kier alpha value is -2.41. The number of nitrogens with one attached hydrogen (secondary N) is 1. The van der Waals surface area contributed by atoms with Gasteiger partial charge in [0.25, 0.3) is 0 Å². The molecule has 1 heterocycles. The van der Waals surface area contributed by atoms with Crippen molar-refractivity contribution in [3.63, 3.8) is 0 Å². The minimum absolute atomic E-state index is 0.0249. The van der Waals surface area contributed by atoms with Crippen molar-refractivity contribution in [2.75, 3.05) is 58.4 Å². The first-order chi connectivity index (χ1) is 13.7. The van der Waals surface area contributed by atoms with Gasteiger partial charge in [-0.1, -0.05) is 30.3 Å². The molecule has 0 saturated carbocycles. The fourth-order valence-corrected chi connectivity index (χ4v) is 3.07. The van der Waals surface area contributed by atoms with E-state index < -0.39 is 0 Å². The molecule has 0 aliphatic carbocycles. The molecule has 0 bridgehead atoms. The summed E-state index contributed by atoms with van der Waals surface area (Å²) in [6.45, 7) is 6.02. The van der Waals surface area contributed by atoms with Gasteiger partial charge in [-0.05, 0) is 36.9 Å². The van der Waals surface area contributed by atoms with Gasteiger partial charge in [0.2, 0.25) is 5.91 Å². The zero-order valence-electron chi connectivity index (χ0n) is 16.5. The second-order valence-electron chi connectivity index (χ2n) is 7.03. The lowest BCUT2D eigenvalue weighted by Crippen LogP contribution is -2.35. The van der Waals surface area contributed by atoms with Crippen LogP contribution in [0.5, 0.6) is 5.75 Å². The molecule has 0 aromatic heterocycles. The van der Waals surface area contributed by atoms with Crippen LogP contribution in [0.3, 0.4) is 0 Å². The van der Waals surface area contributed by atoms with Crippen molar-refractivity contribution in [2.24, 2.45) is 0 Å². The number of anilines is 1. The van der Waals surface area contributed by atoms with E-state index in [0.717, 1.165) is 44.3 Å². The van der Waals surface area contributed by atoms with Crippen LogP contribution >= 0.6 is 0 Å².